The van der Waals surface area contributed by atoms with Gasteiger partial charge in [0.25, 0.3) is 0 Å². The van der Waals surface area contributed by atoms with Crippen LogP contribution in [-0.2, 0) is 4.74 Å². The molecule has 8 nitrogen and oxygen atoms in total. The zero-order valence-electron chi connectivity index (χ0n) is 14.6. The molecular weight excluding hydrogens is 354 g/mol. The Morgan fingerprint density at radius 3 is 2.41 bits per heavy atom. The number of carbonyl (C=O) groups is 1. The van der Waals surface area contributed by atoms with E-state index >= 15 is 0 Å². The van der Waals surface area contributed by atoms with Crippen molar-refractivity contribution in [3.63, 3.8) is 0 Å². The summed E-state index contributed by atoms with van der Waals surface area (Å²) in [5.74, 6) is 0.283. The predicted octanol–water partition coefficient (Wildman–Crippen LogP) is 0.130. The maximum atomic E-state index is 11.5. The van der Waals surface area contributed by atoms with Gasteiger partial charge in [-0.15, -0.1) is 0 Å². The number of aliphatic hydroxyl groups excluding tert-OH is 4. The summed E-state index contributed by atoms with van der Waals surface area (Å²) in [5.41, 5.74) is 2.09. The number of ketones is 1. The Labute approximate surface area is 155 Å². The minimum Gasteiger partial charge on any atom is -0.462 e. The Bertz CT molecular complexity index is 793. The number of pyridine rings is 1. The van der Waals surface area contributed by atoms with Crippen LogP contribution in [0.3, 0.4) is 0 Å². The third-order valence-electron chi connectivity index (χ3n) is 4.43. The van der Waals surface area contributed by atoms with Gasteiger partial charge in [-0.05, 0) is 30.7 Å². The number of nitrogens with zero attached hydrogens (tertiary/aromatic N) is 1. The van der Waals surface area contributed by atoms with Gasteiger partial charge in [0.15, 0.2) is 5.78 Å². The highest BCUT2D eigenvalue weighted by molar-refractivity contribution is 5.94. The summed E-state index contributed by atoms with van der Waals surface area (Å²) < 4.78 is 10.9. The molecule has 1 saturated heterocycles. The van der Waals surface area contributed by atoms with Gasteiger partial charge in [-0.3, -0.25) is 9.78 Å². The molecule has 1 aliphatic rings. The number of carbonyl (C=O) groups excluding carboxylic acids is 1. The van der Waals surface area contributed by atoms with Gasteiger partial charge in [0.1, 0.15) is 30.2 Å². The maximum Gasteiger partial charge on any atom is 0.229 e. The van der Waals surface area contributed by atoms with Crippen LogP contribution in [0.5, 0.6) is 5.75 Å². The Balaban J connectivity index is 1.74. The molecule has 0 amide bonds. The van der Waals surface area contributed by atoms with Gasteiger partial charge < -0.3 is 29.9 Å². The van der Waals surface area contributed by atoms with Gasteiger partial charge in [-0.25, -0.2) is 0 Å². The standard InChI is InChI=1S/C19H21NO7/c1-10(22)12-6-13(8-20-7-12)11-2-4-14(5-3-11)26-19-18(25)17(24)16(23)15(9-21)27-19/h2-8,15-19,21,23-25H,9H2,1H3. The summed E-state index contributed by atoms with van der Waals surface area (Å²) >= 11 is 0. The first-order valence-corrected chi connectivity index (χ1v) is 8.44. The van der Waals surface area contributed by atoms with Crippen LogP contribution in [0.4, 0.5) is 0 Å². The molecule has 144 valence electrons. The first-order valence-electron chi connectivity index (χ1n) is 8.44. The zero-order chi connectivity index (χ0) is 19.6. The molecule has 0 radical (unpaired) electrons. The predicted molar refractivity (Wildman–Crippen MR) is 94.1 cm³/mol. The largest absolute Gasteiger partial charge is 0.462 e. The third kappa shape index (κ3) is 4.15. The highest BCUT2D eigenvalue weighted by atomic mass is 16.7. The average molecular weight is 375 g/mol. The van der Waals surface area contributed by atoms with Crippen molar-refractivity contribution in [1.82, 2.24) is 4.98 Å². The molecule has 1 aromatic heterocycles. The van der Waals surface area contributed by atoms with Crippen molar-refractivity contribution in [2.45, 2.75) is 37.6 Å². The van der Waals surface area contributed by atoms with Crippen LogP contribution in [0.2, 0.25) is 0 Å². The number of rotatable bonds is 5. The van der Waals surface area contributed by atoms with Crippen LogP contribution < -0.4 is 4.74 Å². The number of hydrogen-bond donors (Lipinski definition) is 4. The van der Waals surface area contributed by atoms with Crippen LogP contribution in [0.15, 0.2) is 42.7 Å². The summed E-state index contributed by atoms with van der Waals surface area (Å²) in [5, 5.41) is 38.8. The number of Topliss-reactive ketones (excluding diaryl/α,β-unsaturated/α-hetero) is 1. The first kappa shape index (κ1) is 19.4. The number of aromatic nitrogens is 1. The molecule has 2 aromatic rings. The van der Waals surface area contributed by atoms with Crippen LogP contribution in [-0.4, -0.2) is 68.5 Å². The highest BCUT2D eigenvalue weighted by Crippen LogP contribution is 2.27. The lowest BCUT2D eigenvalue weighted by Crippen LogP contribution is -2.60. The summed E-state index contributed by atoms with van der Waals surface area (Å²) in [7, 11) is 0. The Hall–Kier alpha value is -2.36. The fourth-order valence-electron chi connectivity index (χ4n) is 2.82. The monoisotopic (exact) mass is 375 g/mol. The average Bonchev–Trinajstić information content (AvgIpc) is 2.69. The van der Waals surface area contributed by atoms with E-state index in [2.05, 4.69) is 4.98 Å². The van der Waals surface area contributed by atoms with Gasteiger partial charge >= 0.3 is 0 Å². The molecule has 1 aromatic carbocycles. The quantitative estimate of drug-likeness (QED) is 0.543. The Morgan fingerprint density at radius 2 is 1.78 bits per heavy atom. The molecule has 2 heterocycles. The van der Waals surface area contributed by atoms with Crippen LogP contribution in [0, 0.1) is 0 Å². The summed E-state index contributed by atoms with van der Waals surface area (Å²) in [6.07, 6.45) is -3.54. The van der Waals surface area contributed by atoms with E-state index in [4.69, 9.17) is 9.47 Å². The minimum absolute atomic E-state index is 0.0769. The summed E-state index contributed by atoms with van der Waals surface area (Å²) in [6.45, 7) is 0.946. The van der Waals surface area contributed by atoms with Gasteiger partial charge in [-0.1, -0.05) is 12.1 Å². The van der Waals surface area contributed by atoms with Crippen molar-refractivity contribution in [3.8, 4) is 16.9 Å². The fourth-order valence-corrected chi connectivity index (χ4v) is 2.82. The van der Waals surface area contributed by atoms with E-state index in [1.54, 1.807) is 36.5 Å². The van der Waals surface area contributed by atoms with E-state index in [9.17, 15) is 25.2 Å². The van der Waals surface area contributed by atoms with Gasteiger partial charge in [-0.2, -0.15) is 0 Å². The summed E-state index contributed by atoms with van der Waals surface area (Å²) in [4.78, 5) is 15.5. The fraction of sp³-hybridized carbons (Fsp3) is 0.368. The molecule has 3 rings (SSSR count). The zero-order valence-corrected chi connectivity index (χ0v) is 14.6. The van der Waals surface area contributed by atoms with Crippen molar-refractivity contribution in [3.05, 3.63) is 48.3 Å². The number of benzene rings is 1. The second kappa shape index (κ2) is 8.12. The Kier molecular flexibility index (Phi) is 5.83. The highest BCUT2D eigenvalue weighted by Gasteiger charge is 2.44. The van der Waals surface area contributed by atoms with Gasteiger partial charge in [0, 0.05) is 23.5 Å². The van der Waals surface area contributed by atoms with Crippen LogP contribution >= 0.6 is 0 Å². The van der Waals surface area contributed by atoms with E-state index in [0.29, 0.717) is 11.3 Å². The van der Waals surface area contributed by atoms with Crippen LogP contribution in [0.25, 0.3) is 11.1 Å². The van der Waals surface area contributed by atoms with Crippen molar-refractivity contribution >= 4 is 5.78 Å². The topological polar surface area (TPSA) is 129 Å². The number of aliphatic hydroxyl groups is 4. The molecule has 0 spiro atoms. The first-order chi connectivity index (χ1) is 12.9. The van der Waals surface area contributed by atoms with E-state index < -0.39 is 37.3 Å². The van der Waals surface area contributed by atoms with E-state index in [-0.39, 0.29) is 5.78 Å². The molecule has 1 fully saturated rings. The van der Waals surface area contributed by atoms with E-state index in [0.717, 1.165) is 11.1 Å². The summed E-state index contributed by atoms with van der Waals surface area (Å²) in [6, 6.07) is 8.51. The van der Waals surface area contributed by atoms with Crippen LogP contribution in [0.1, 0.15) is 17.3 Å². The number of ether oxygens (including phenoxy) is 2. The van der Waals surface area contributed by atoms with Crippen molar-refractivity contribution in [2.75, 3.05) is 6.61 Å². The molecule has 0 saturated carbocycles. The second-order valence-corrected chi connectivity index (χ2v) is 6.36. The third-order valence-corrected chi connectivity index (χ3v) is 4.43. The normalized spacial score (nSPS) is 28.0. The van der Waals surface area contributed by atoms with E-state index in [1.165, 1.54) is 13.1 Å². The Morgan fingerprint density at radius 1 is 1.07 bits per heavy atom. The van der Waals surface area contributed by atoms with E-state index in [1.807, 2.05) is 0 Å². The molecule has 1 aliphatic heterocycles. The molecular formula is C19H21NO7. The lowest BCUT2D eigenvalue weighted by Gasteiger charge is -2.39. The molecule has 4 N–H and O–H groups in total. The maximum absolute atomic E-state index is 11.5. The molecule has 8 heteroatoms. The molecule has 27 heavy (non-hydrogen) atoms. The molecule has 5 atom stereocenters. The molecule has 0 aliphatic carbocycles. The second-order valence-electron chi connectivity index (χ2n) is 6.36. The lowest BCUT2D eigenvalue weighted by atomic mass is 9.99. The molecule has 5 unspecified atom stereocenters. The lowest BCUT2D eigenvalue weighted by molar-refractivity contribution is -0.277. The minimum atomic E-state index is -1.50. The van der Waals surface area contributed by atoms with Gasteiger partial charge in [0.05, 0.1) is 6.61 Å². The van der Waals surface area contributed by atoms with Crippen molar-refractivity contribution < 1.29 is 34.7 Å². The van der Waals surface area contributed by atoms with Gasteiger partial charge in [0.2, 0.25) is 6.29 Å². The smallest absolute Gasteiger partial charge is 0.229 e. The SMILES string of the molecule is CC(=O)c1cncc(-c2ccc(OC3OC(CO)C(O)C(O)C3O)cc2)c1. The number of hydrogen-bond acceptors (Lipinski definition) is 8. The van der Waals surface area contributed by atoms with Crippen molar-refractivity contribution in [2.24, 2.45) is 0 Å². The molecule has 0 bridgehead atoms. The van der Waals surface area contributed by atoms with Crippen molar-refractivity contribution in [1.29, 1.82) is 0 Å².